The first-order valence-corrected chi connectivity index (χ1v) is 7.20. The average Bonchev–Trinajstić information content (AvgIpc) is 2.81. The van der Waals surface area contributed by atoms with Crippen LogP contribution in [0.5, 0.6) is 0 Å². The Balaban J connectivity index is 2.04. The molecule has 110 valence electrons. The Kier molecular flexibility index (Phi) is 4.77. The normalized spacial score (nSPS) is 10.2. The molecule has 2 aromatic rings. The second-order valence-corrected chi connectivity index (χ2v) is 5.54. The molecule has 2 rings (SSSR count). The number of aromatic nitrogens is 1. The summed E-state index contributed by atoms with van der Waals surface area (Å²) in [5.41, 5.74) is 2.68. The number of anilines is 1. The highest BCUT2D eigenvalue weighted by atomic mass is 35.5. The molecule has 0 radical (unpaired) electrons. The summed E-state index contributed by atoms with van der Waals surface area (Å²) in [6.07, 6.45) is 0. The minimum atomic E-state index is -1.14. The Morgan fingerprint density at radius 2 is 2.19 bits per heavy atom. The lowest BCUT2D eigenvalue weighted by atomic mass is 10.2. The van der Waals surface area contributed by atoms with Crippen LogP contribution in [0.15, 0.2) is 23.7 Å². The number of carbonyl (C=O) groups is 2. The topological polar surface area (TPSA) is 91.3 Å². The molecule has 0 atom stereocenters. The highest BCUT2D eigenvalue weighted by molar-refractivity contribution is 7.09. The van der Waals surface area contributed by atoms with Gasteiger partial charge in [0.1, 0.15) is 0 Å². The van der Waals surface area contributed by atoms with Crippen LogP contribution in [-0.2, 0) is 6.54 Å². The van der Waals surface area contributed by atoms with Crippen LogP contribution in [0.2, 0.25) is 5.02 Å². The molecule has 0 fully saturated rings. The Morgan fingerprint density at radius 3 is 2.81 bits per heavy atom. The number of urea groups is 1. The monoisotopic (exact) mass is 325 g/mol. The number of nitrogens with zero attached hydrogens (tertiary/aromatic N) is 1. The van der Waals surface area contributed by atoms with Gasteiger partial charge in [-0.3, -0.25) is 0 Å². The number of carboxylic acid groups (broad SMARTS) is 1. The van der Waals surface area contributed by atoms with Gasteiger partial charge in [-0.1, -0.05) is 11.6 Å². The lowest BCUT2D eigenvalue weighted by Crippen LogP contribution is -2.28. The molecule has 2 amide bonds. The molecular weight excluding hydrogens is 314 g/mol. The van der Waals surface area contributed by atoms with Gasteiger partial charge < -0.3 is 15.7 Å². The van der Waals surface area contributed by atoms with Crippen LogP contribution in [-0.4, -0.2) is 22.1 Å². The third-order valence-corrected chi connectivity index (χ3v) is 3.88. The molecule has 3 N–H and O–H groups in total. The van der Waals surface area contributed by atoms with Crippen LogP contribution >= 0.6 is 22.9 Å². The van der Waals surface area contributed by atoms with Gasteiger partial charge in [0.2, 0.25) is 0 Å². The number of aryl methyl sites for hydroxylation is 1. The number of thiazole rings is 1. The van der Waals surface area contributed by atoms with Gasteiger partial charge in [0.15, 0.2) is 0 Å². The number of benzene rings is 1. The van der Waals surface area contributed by atoms with Crippen molar-refractivity contribution in [2.24, 2.45) is 0 Å². The van der Waals surface area contributed by atoms with Gasteiger partial charge in [-0.2, -0.15) is 0 Å². The number of rotatable bonds is 4. The zero-order valence-electron chi connectivity index (χ0n) is 11.0. The molecule has 1 aromatic carbocycles. The third kappa shape index (κ3) is 3.93. The maximum absolute atomic E-state index is 11.8. The minimum Gasteiger partial charge on any atom is -0.478 e. The van der Waals surface area contributed by atoms with E-state index >= 15 is 0 Å². The molecule has 0 saturated heterocycles. The van der Waals surface area contributed by atoms with E-state index in [9.17, 15) is 9.59 Å². The van der Waals surface area contributed by atoms with Gasteiger partial charge in [0, 0.05) is 9.90 Å². The Labute approximate surface area is 129 Å². The fraction of sp³-hybridized carbons (Fsp3) is 0.154. The van der Waals surface area contributed by atoms with Gasteiger partial charge in [0.05, 0.1) is 29.0 Å². The van der Waals surface area contributed by atoms with Gasteiger partial charge in [-0.15, -0.1) is 11.3 Å². The summed E-state index contributed by atoms with van der Waals surface area (Å²) in [6.45, 7) is 2.18. The molecule has 0 aliphatic heterocycles. The molecule has 1 aromatic heterocycles. The summed E-state index contributed by atoms with van der Waals surface area (Å²) in [7, 11) is 0. The Bertz CT molecular complexity index is 687. The predicted octanol–water partition coefficient (Wildman–Crippen LogP) is 3.12. The first-order chi connectivity index (χ1) is 9.97. The summed E-state index contributed by atoms with van der Waals surface area (Å²) < 4.78 is 0. The molecule has 0 saturated carbocycles. The van der Waals surface area contributed by atoms with Crippen molar-refractivity contribution in [2.75, 3.05) is 5.32 Å². The number of nitrogens with one attached hydrogen (secondary N) is 2. The zero-order chi connectivity index (χ0) is 15.4. The van der Waals surface area contributed by atoms with Crippen molar-refractivity contribution in [3.05, 3.63) is 44.9 Å². The van der Waals surface area contributed by atoms with Crippen molar-refractivity contribution in [1.29, 1.82) is 0 Å². The Morgan fingerprint density at radius 1 is 1.43 bits per heavy atom. The molecule has 6 nitrogen and oxygen atoms in total. The lowest BCUT2D eigenvalue weighted by Gasteiger charge is -2.10. The summed E-state index contributed by atoms with van der Waals surface area (Å²) in [5.74, 6) is -1.14. The molecule has 21 heavy (non-hydrogen) atoms. The highest BCUT2D eigenvalue weighted by Crippen LogP contribution is 2.21. The number of carbonyl (C=O) groups excluding carboxylic acids is 1. The van der Waals surface area contributed by atoms with E-state index in [2.05, 4.69) is 15.6 Å². The van der Waals surface area contributed by atoms with Crippen LogP contribution in [0.25, 0.3) is 0 Å². The van der Waals surface area contributed by atoms with Crippen molar-refractivity contribution in [3.8, 4) is 0 Å². The van der Waals surface area contributed by atoms with Crippen molar-refractivity contribution >= 4 is 40.6 Å². The molecule has 0 aliphatic carbocycles. The van der Waals surface area contributed by atoms with Gasteiger partial charge in [-0.05, 0) is 25.1 Å². The molecule has 0 aliphatic rings. The standard InChI is InChI=1S/C13H12ClN3O3S/c1-7-11(21-6-16-7)5-15-13(20)17-10-4-8(14)2-3-9(10)12(18)19/h2-4,6H,5H2,1H3,(H,18,19)(H2,15,17,20). The summed E-state index contributed by atoms with van der Waals surface area (Å²) in [4.78, 5) is 27.9. The average molecular weight is 326 g/mol. The Hall–Kier alpha value is -2.12. The molecule has 0 unspecified atom stereocenters. The van der Waals surface area contributed by atoms with Crippen molar-refractivity contribution in [3.63, 3.8) is 0 Å². The molecule has 1 heterocycles. The maximum Gasteiger partial charge on any atom is 0.337 e. The van der Waals surface area contributed by atoms with E-state index in [1.165, 1.54) is 29.5 Å². The van der Waals surface area contributed by atoms with E-state index < -0.39 is 12.0 Å². The quantitative estimate of drug-likeness (QED) is 0.805. The largest absolute Gasteiger partial charge is 0.478 e. The molecule has 8 heteroatoms. The van der Waals surface area contributed by atoms with Crippen LogP contribution in [0.3, 0.4) is 0 Å². The van der Waals surface area contributed by atoms with Gasteiger partial charge in [0.25, 0.3) is 0 Å². The van der Waals surface area contributed by atoms with Crippen molar-refractivity contribution < 1.29 is 14.7 Å². The van der Waals surface area contributed by atoms with Crippen LogP contribution < -0.4 is 10.6 Å². The number of aromatic carboxylic acids is 1. The highest BCUT2D eigenvalue weighted by Gasteiger charge is 2.13. The second kappa shape index (κ2) is 6.55. The van der Waals surface area contributed by atoms with E-state index in [0.29, 0.717) is 11.6 Å². The van der Waals surface area contributed by atoms with Crippen molar-refractivity contribution in [1.82, 2.24) is 10.3 Å². The fourth-order valence-corrected chi connectivity index (χ4v) is 2.52. The molecule has 0 spiro atoms. The van der Waals surface area contributed by atoms with Crippen LogP contribution in [0, 0.1) is 6.92 Å². The molecule has 0 bridgehead atoms. The minimum absolute atomic E-state index is 0.0245. The maximum atomic E-state index is 11.8. The van der Waals surface area contributed by atoms with E-state index in [-0.39, 0.29) is 11.3 Å². The van der Waals surface area contributed by atoms with E-state index in [1.807, 2.05) is 6.92 Å². The van der Waals surface area contributed by atoms with E-state index in [1.54, 1.807) is 5.51 Å². The third-order valence-electron chi connectivity index (χ3n) is 2.71. The number of hydrogen-bond donors (Lipinski definition) is 3. The summed E-state index contributed by atoms with van der Waals surface area (Å²) in [6, 6.07) is 3.68. The number of halogens is 1. The number of amides is 2. The van der Waals surface area contributed by atoms with Crippen molar-refractivity contribution in [2.45, 2.75) is 13.5 Å². The number of carboxylic acids is 1. The van der Waals surface area contributed by atoms with Crippen LogP contribution in [0.1, 0.15) is 20.9 Å². The zero-order valence-corrected chi connectivity index (χ0v) is 12.6. The van der Waals surface area contributed by atoms with E-state index in [4.69, 9.17) is 16.7 Å². The summed E-state index contributed by atoms with van der Waals surface area (Å²) >= 11 is 7.25. The first kappa shape index (κ1) is 15.3. The second-order valence-electron chi connectivity index (χ2n) is 4.16. The summed E-state index contributed by atoms with van der Waals surface area (Å²) in [5, 5.41) is 14.5. The van der Waals surface area contributed by atoms with Gasteiger partial charge >= 0.3 is 12.0 Å². The smallest absolute Gasteiger partial charge is 0.337 e. The van der Waals surface area contributed by atoms with E-state index in [0.717, 1.165) is 10.6 Å². The SMILES string of the molecule is Cc1ncsc1CNC(=O)Nc1cc(Cl)ccc1C(=O)O. The fourth-order valence-electron chi connectivity index (χ4n) is 1.63. The predicted molar refractivity (Wildman–Crippen MR) is 81.1 cm³/mol. The number of hydrogen-bond acceptors (Lipinski definition) is 4. The molecular formula is C13H12ClN3O3S. The van der Waals surface area contributed by atoms with Crippen LogP contribution in [0.4, 0.5) is 10.5 Å². The first-order valence-electron chi connectivity index (χ1n) is 5.94. The van der Waals surface area contributed by atoms with Gasteiger partial charge in [-0.25, -0.2) is 14.6 Å². The lowest BCUT2D eigenvalue weighted by molar-refractivity contribution is 0.0698.